The Bertz CT molecular complexity index is 935. The van der Waals surface area contributed by atoms with E-state index in [1.54, 1.807) is 0 Å². The predicted octanol–water partition coefficient (Wildman–Crippen LogP) is -1.40. The van der Waals surface area contributed by atoms with Crippen molar-refractivity contribution in [1.29, 1.82) is 0 Å². The molecule has 28 heavy (non-hydrogen) atoms. The minimum absolute atomic E-state index is 0.0371. The van der Waals surface area contributed by atoms with Gasteiger partial charge in [-0.15, -0.1) is 0 Å². The summed E-state index contributed by atoms with van der Waals surface area (Å²) < 4.78 is 20.2. The third kappa shape index (κ3) is 3.66. The average molecular weight is 398 g/mol. The molecular weight excluding hydrogens is 380 g/mol. The van der Waals surface area contributed by atoms with Crippen molar-refractivity contribution < 1.29 is 49.0 Å². The first-order valence-electron chi connectivity index (χ1n) is 8.18. The summed E-state index contributed by atoms with van der Waals surface area (Å²) in [5, 5.41) is 49.1. The van der Waals surface area contributed by atoms with Gasteiger partial charge in [0.2, 0.25) is 6.29 Å². The van der Waals surface area contributed by atoms with Crippen LogP contribution in [0.1, 0.15) is 6.92 Å². The summed E-state index contributed by atoms with van der Waals surface area (Å²) >= 11 is 0. The molecule has 1 saturated heterocycles. The lowest BCUT2D eigenvalue weighted by Crippen LogP contribution is -2.60. The Morgan fingerprint density at radius 1 is 1.18 bits per heavy atom. The first kappa shape index (κ1) is 20.0. The zero-order valence-electron chi connectivity index (χ0n) is 14.5. The van der Waals surface area contributed by atoms with Crippen LogP contribution in [0.5, 0.6) is 17.2 Å². The molecular formula is C17H18O11. The zero-order chi connectivity index (χ0) is 20.6. The lowest BCUT2D eigenvalue weighted by atomic mass is 9.99. The highest BCUT2D eigenvalue weighted by atomic mass is 16.7. The topological polar surface area (TPSA) is 176 Å². The van der Waals surface area contributed by atoms with E-state index >= 15 is 0 Å². The number of esters is 1. The molecule has 0 unspecified atom stereocenters. The van der Waals surface area contributed by atoms with E-state index < -0.39 is 60.4 Å². The van der Waals surface area contributed by atoms with Crippen LogP contribution in [0, 0.1) is 0 Å². The molecule has 2 aromatic rings. The first-order chi connectivity index (χ1) is 13.2. The predicted molar refractivity (Wildman–Crippen MR) is 89.9 cm³/mol. The Kier molecular flexibility index (Phi) is 5.54. The van der Waals surface area contributed by atoms with Gasteiger partial charge in [0.05, 0.1) is 12.0 Å². The van der Waals surface area contributed by atoms with Crippen LogP contribution in [0.15, 0.2) is 27.4 Å². The number of carbonyl (C=O) groups is 1. The van der Waals surface area contributed by atoms with Gasteiger partial charge in [-0.25, -0.2) is 4.79 Å². The number of hydrogen-bond acceptors (Lipinski definition) is 11. The molecule has 5 atom stereocenters. The van der Waals surface area contributed by atoms with Crippen molar-refractivity contribution in [3.8, 4) is 17.2 Å². The molecule has 11 nitrogen and oxygen atoms in total. The molecule has 1 aliphatic rings. The monoisotopic (exact) mass is 398 g/mol. The molecule has 11 heteroatoms. The maximum absolute atomic E-state index is 12.2. The Balaban J connectivity index is 1.95. The van der Waals surface area contributed by atoms with Gasteiger partial charge in [-0.3, -0.25) is 4.79 Å². The number of carbonyl (C=O) groups excluding carboxylic acids is 1. The van der Waals surface area contributed by atoms with Crippen LogP contribution in [0.25, 0.3) is 11.0 Å². The molecule has 3 rings (SSSR count). The van der Waals surface area contributed by atoms with E-state index in [9.17, 15) is 35.1 Å². The minimum Gasteiger partial charge on any atom is -0.504 e. The molecule has 0 bridgehead atoms. The van der Waals surface area contributed by atoms with Gasteiger partial charge in [-0.05, 0) is 12.1 Å². The fraction of sp³-hybridized carbons (Fsp3) is 0.412. The van der Waals surface area contributed by atoms with Crippen molar-refractivity contribution in [2.45, 2.75) is 37.6 Å². The molecule has 0 aliphatic carbocycles. The molecule has 5 N–H and O–H groups in total. The van der Waals surface area contributed by atoms with Crippen LogP contribution in [-0.2, 0) is 9.53 Å². The number of aromatic hydroxyl groups is 1. The van der Waals surface area contributed by atoms with Gasteiger partial charge in [0.25, 0.3) is 5.75 Å². The molecule has 152 valence electrons. The average Bonchev–Trinajstić information content (AvgIpc) is 2.64. The Hall–Kier alpha value is -2.70. The molecule has 0 spiro atoms. The van der Waals surface area contributed by atoms with Crippen LogP contribution in [0.3, 0.4) is 0 Å². The normalized spacial score (nSPS) is 27.5. The smallest absolute Gasteiger partial charge is 0.383 e. The van der Waals surface area contributed by atoms with Crippen molar-refractivity contribution in [3.63, 3.8) is 0 Å². The lowest BCUT2D eigenvalue weighted by Gasteiger charge is -2.39. The van der Waals surface area contributed by atoms with E-state index in [2.05, 4.69) is 0 Å². The Morgan fingerprint density at radius 2 is 1.89 bits per heavy atom. The minimum atomic E-state index is -1.78. The van der Waals surface area contributed by atoms with Crippen molar-refractivity contribution in [3.05, 3.63) is 28.6 Å². The fourth-order valence-corrected chi connectivity index (χ4v) is 2.76. The maximum atomic E-state index is 12.2. The van der Waals surface area contributed by atoms with E-state index in [-0.39, 0.29) is 16.7 Å². The van der Waals surface area contributed by atoms with Crippen molar-refractivity contribution >= 4 is 16.9 Å². The number of rotatable bonds is 4. The second-order valence-electron chi connectivity index (χ2n) is 6.13. The Morgan fingerprint density at radius 3 is 2.54 bits per heavy atom. The highest BCUT2D eigenvalue weighted by molar-refractivity contribution is 5.86. The molecule has 0 saturated carbocycles. The highest BCUT2D eigenvalue weighted by Crippen LogP contribution is 2.35. The fourth-order valence-electron chi connectivity index (χ4n) is 2.76. The lowest BCUT2D eigenvalue weighted by molar-refractivity contribution is -0.278. The van der Waals surface area contributed by atoms with E-state index in [1.165, 1.54) is 25.1 Å². The quantitative estimate of drug-likeness (QED) is 0.233. The van der Waals surface area contributed by atoms with Gasteiger partial charge >= 0.3 is 11.6 Å². The standard InChI is InChI=1S/C17H18O11/c1-6(19)25-7-2-3-8-9(4-7)26-16(24)15(11(8)20)28-17-14(23)13(22)12(21)10(5-18)27-17/h2-4,10,12-14,17-18,20-23H,5H2,1H3/t10-,12-,13+,14+,17+/m1/s1. The zero-order valence-corrected chi connectivity index (χ0v) is 14.5. The van der Waals surface area contributed by atoms with Gasteiger partial charge in [-0.2, -0.15) is 0 Å². The van der Waals surface area contributed by atoms with Gasteiger partial charge in [0.1, 0.15) is 35.7 Å². The number of hydrogen-bond donors (Lipinski definition) is 5. The van der Waals surface area contributed by atoms with E-state index in [0.717, 1.165) is 0 Å². The molecule has 0 radical (unpaired) electrons. The van der Waals surface area contributed by atoms with Crippen molar-refractivity contribution in [2.75, 3.05) is 6.61 Å². The summed E-state index contributed by atoms with van der Waals surface area (Å²) in [7, 11) is 0. The first-order valence-corrected chi connectivity index (χ1v) is 8.18. The highest BCUT2D eigenvalue weighted by Gasteiger charge is 2.45. The second kappa shape index (κ2) is 7.73. The SMILES string of the molecule is CC(=O)Oc1ccc2c(O)c(O[C@@H]3O[C@H](CO)[C@@H](O)[C@H](O)[C@@H]3O)c(=O)oc2c1. The number of ether oxygens (including phenoxy) is 3. The van der Waals surface area contributed by atoms with Gasteiger partial charge in [0, 0.05) is 13.0 Å². The summed E-state index contributed by atoms with van der Waals surface area (Å²) in [6.45, 7) is 0.497. The maximum Gasteiger partial charge on any atom is 0.383 e. The van der Waals surface area contributed by atoms with Gasteiger partial charge in [-0.1, -0.05) is 0 Å². The molecule has 1 aliphatic heterocycles. The van der Waals surface area contributed by atoms with Crippen LogP contribution >= 0.6 is 0 Å². The van der Waals surface area contributed by atoms with E-state index in [4.69, 9.17) is 18.6 Å². The molecule has 1 aromatic heterocycles. The van der Waals surface area contributed by atoms with Gasteiger partial charge in [0.15, 0.2) is 5.75 Å². The van der Waals surface area contributed by atoms with Crippen LogP contribution in [0.2, 0.25) is 0 Å². The number of fused-ring (bicyclic) bond motifs is 1. The summed E-state index contributed by atoms with van der Waals surface area (Å²) in [6.07, 6.45) is -8.05. The Labute approximate surface area is 156 Å². The molecule has 2 heterocycles. The van der Waals surface area contributed by atoms with Crippen LogP contribution in [-0.4, -0.2) is 68.8 Å². The molecule has 0 amide bonds. The summed E-state index contributed by atoms with van der Waals surface area (Å²) in [5.41, 5.74) is -1.23. The third-order valence-corrected chi connectivity index (χ3v) is 4.16. The molecule has 1 aromatic carbocycles. The van der Waals surface area contributed by atoms with Crippen molar-refractivity contribution in [2.24, 2.45) is 0 Å². The summed E-state index contributed by atoms with van der Waals surface area (Å²) in [5.74, 6) is -1.85. The van der Waals surface area contributed by atoms with Crippen molar-refractivity contribution in [1.82, 2.24) is 0 Å². The number of aliphatic hydroxyl groups excluding tert-OH is 4. The largest absolute Gasteiger partial charge is 0.504 e. The number of aliphatic hydroxyl groups is 4. The second-order valence-corrected chi connectivity index (χ2v) is 6.13. The number of benzene rings is 1. The van der Waals surface area contributed by atoms with Crippen LogP contribution < -0.4 is 15.1 Å². The molecule has 1 fully saturated rings. The summed E-state index contributed by atoms with van der Waals surface area (Å²) in [4.78, 5) is 23.2. The van der Waals surface area contributed by atoms with E-state index in [0.29, 0.717) is 0 Å². The van der Waals surface area contributed by atoms with Crippen LogP contribution in [0.4, 0.5) is 0 Å². The van der Waals surface area contributed by atoms with E-state index in [1.807, 2.05) is 0 Å². The third-order valence-electron chi connectivity index (χ3n) is 4.16. The van der Waals surface area contributed by atoms with Gasteiger partial charge < -0.3 is 44.2 Å². The summed E-state index contributed by atoms with van der Waals surface area (Å²) in [6, 6.07) is 3.88.